The molecule has 1 aliphatic heterocycles. The summed E-state index contributed by atoms with van der Waals surface area (Å²) in [7, 11) is 0. The summed E-state index contributed by atoms with van der Waals surface area (Å²) in [6.07, 6.45) is 2.77. The summed E-state index contributed by atoms with van der Waals surface area (Å²) in [5.74, 6) is 0.194. The zero-order chi connectivity index (χ0) is 14.1. The third-order valence-corrected chi connectivity index (χ3v) is 4.04. The topological polar surface area (TPSA) is 52.1 Å². The Bertz CT molecular complexity index is 701. The Labute approximate surface area is 127 Å². The largest absolute Gasteiger partial charge is 0.508 e. The number of hydrogen-bond acceptors (Lipinski definition) is 4. The van der Waals surface area contributed by atoms with E-state index in [1.54, 1.807) is 12.1 Å². The van der Waals surface area contributed by atoms with Gasteiger partial charge in [0.25, 0.3) is 0 Å². The molecule has 0 atom stereocenters. The molecule has 1 aromatic heterocycles. The van der Waals surface area contributed by atoms with Crippen LogP contribution in [0.25, 0.3) is 0 Å². The average molecular weight is 308 g/mol. The molecule has 0 saturated heterocycles. The zero-order valence-corrected chi connectivity index (χ0v) is 12.3. The highest BCUT2D eigenvalue weighted by atomic mass is 35.5. The van der Waals surface area contributed by atoms with E-state index in [1.807, 2.05) is 12.3 Å². The van der Waals surface area contributed by atoms with Gasteiger partial charge in [0.05, 0.1) is 0 Å². The van der Waals surface area contributed by atoms with Gasteiger partial charge in [0.2, 0.25) is 0 Å². The maximum atomic E-state index is 9.38. The van der Waals surface area contributed by atoms with Crippen molar-refractivity contribution in [2.45, 2.75) is 19.5 Å². The molecular formula is C14H14ClN3OS. The van der Waals surface area contributed by atoms with Gasteiger partial charge in [0.1, 0.15) is 5.75 Å². The smallest absolute Gasteiger partial charge is 0.196 e. The van der Waals surface area contributed by atoms with E-state index in [0.29, 0.717) is 9.79 Å². The predicted octanol–water partition coefficient (Wildman–Crippen LogP) is 3.06. The van der Waals surface area contributed by atoms with Crippen LogP contribution in [0.1, 0.15) is 16.8 Å². The molecule has 0 fully saturated rings. The Morgan fingerprint density at radius 3 is 3.10 bits per heavy atom. The van der Waals surface area contributed by atoms with Crippen molar-refractivity contribution in [1.82, 2.24) is 14.9 Å². The summed E-state index contributed by atoms with van der Waals surface area (Å²) in [6, 6.07) is 5.11. The SMILES string of the molecule is Oc1ccc(CN2CCc3[nH]c(=S)ncc3C2)c(Cl)c1. The van der Waals surface area contributed by atoms with Crippen LogP contribution in [0.2, 0.25) is 5.02 Å². The molecule has 0 aliphatic carbocycles. The fraction of sp³-hybridized carbons (Fsp3) is 0.286. The number of phenols is 1. The summed E-state index contributed by atoms with van der Waals surface area (Å²) in [6.45, 7) is 2.53. The number of aromatic amines is 1. The summed E-state index contributed by atoms with van der Waals surface area (Å²) in [5.41, 5.74) is 3.38. The third kappa shape index (κ3) is 2.85. The Morgan fingerprint density at radius 2 is 2.30 bits per heavy atom. The first-order valence-electron chi connectivity index (χ1n) is 6.38. The third-order valence-electron chi connectivity index (χ3n) is 3.49. The average Bonchev–Trinajstić information content (AvgIpc) is 2.42. The van der Waals surface area contributed by atoms with E-state index in [1.165, 1.54) is 11.3 Å². The number of hydrogen-bond donors (Lipinski definition) is 2. The summed E-state index contributed by atoms with van der Waals surface area (Å²) >= 11 is 11.2. The monoisotopic (exact) mass is 307 g/mol. The number of halogens is 1. The lowest BCUT2D eigenvalue weighted by molar-refractivity contribution is 0.242. The molecule has 104 valence electrons. The molecule has 0 bridgehead atoms. The van der Waals surface area contributed by atoms with Crippen molar-refractivity contribution in [1.29, 1.82) is 0 Å². The van der Waals surface area contributed by atoms with Gasteiger partial charge in [0, 0.05) is 48.5 Å². The van der Waals surface area contributed by atoms with E-state index in [4.69, 9.17) is 23.8 Å². The van der Waals surface area contributed by atoms with Crippen molar-refractivity contribution in [2.75, 3.05) is 6.54 Å². The van der Waals surface area contributed by atoms with Crippen molar-refractivity contribution in [2.24, 2.45) is 0 Å². The van der Waals surface area contributed by atoms with Crippen molar-refractivity contribution in [3.63, 3.8) is 0 Å². The van der Waals surface area contributed by atoms with Crippen molar-refractivity contribution in [3.05, 3.63) is 51.0 Å². The first-order valence-corrected chi connectivity index (χ1v) is 7.17. The van der Waals surface area contributed by atoms with Crippen LogP contribution in [0.15, 0.2) is 24.4 Å². The first kappa shape index (κ1) is 13.5. The number of phenolic OH excluding ortho intramolecular Hbond substituents is 1. The molecule has 1 aliphatic rings. The highest BCUT2D eigenvalue weighted by Gasteiger charge is 2.17. The Kier molecular flexibility index (Phi) is 3.74. The van der Waals surface area contributed by atoms with Crippen LogP contribution >= 0.6 is 23.8 Å². The number of rotatable bonds is 2. The van der Waals surface area contributed by atoms with E-state index < -0.39 is 0 Å². The number of fused-ring (bicyclic) bond motifs is 1. The lowest BCUT2D eigenvalue weighted by atomic mass is 10.1. The molecule has 6 heteroatoms. The Morgan fingerprint density at radius 1 is 1.45 bits per heavy atom. The molecule has 2 aromatic rings. The van der Waals surface area contributed by atoms with Gasteiger partial charge in [-0.2, -0.15) is 0 Å². The van der Waals surface area contributed by atoms with Crippen LogP contribution in [0.3, 0.4) is 0 Å². The number of H-pyrrole nitrogens is 1. The molecule has 3 rings (SSSR count). The lowest BCUT2D eigenvalue weighted by Gasteiger charge is -2.28. The van der Waals surface area contributed by atoms with Crippen molar-refractivity contribution >= 4 is 23.8 Å². The van der Waals surface area contributed by atoms with Gasteiger partial charge in [-0.15, -0.1) is 0 Å². The van der Waals surface area contributed by atoms with Crippen LogP contribution in [0.4, 0.5) is 0 Å². The van der Waals surface area contributed by atoms with Crippen LogP contribution in [-0.2, 0) is 19.5 Å². The first-order chi connectivity index (χ1) is 9.61. The molecule has 0 amide bonds. The Balaban J connectivity index is 1.77. The second-order valence-electron chi connectivity index (χ2n) is 4.93. The maximum absolute atomic E-state index is 9.38. The maximum Gasteiger partial charge on any atom is 0.196 e. The van der Waals surface area contributed by atoms with Gasteiger partial charge < -0.3 is 10.1 Å². The number of nitrogens with zero attached hydrogens (tertiary/aromatic N) is 2. The molecule has 0 spiro atoms. The van der Waals surface area contributed by atoms with Gasteiger partial charge >= 0.3 is 0 Å². The molecule has 0 unspecified atom stereocenters. The fourth-order valence-electron chi connectivity index (χ4n) is 2.45. The minimum absolute atomic E-state index is 0.194. The molecule has 2 heterocycles. The Hall–Kier alpha value is -1.43. The van der Waals surface area contributed by atoms with Gasteiger partial charge in [-0.25, -0.2) is 4.98 Å². The molecule has 20 heavy (non-hydrogen) atoms. The van der Waals surface area contributed by atoms with Crippen molar-refractivity contribution < 1.29 is 5.11 Å². The fourth-order valence-corrected chi connectivity index (χ4v) is 2.86. The van der Waals surface area contributed by atoms with E-state index in [0.717, 1.165) is 31.6 Å². The summed E-state index contributed by atoms with van der Waals surface area (Å²) in [5, 5.41) is 9.98. The zero-order valence-electron chi connectivity index (χ0n) is 10.8. The summed E-state index contributed by atoms with van der Waals surface area (Å²) < 4.78 is 0.541. The molecule has 4 nitrogen and oxygen atoms in total. The molecule has 0 radical (unpaired) electrons. The van der Waals surface area contributed by atoms with E-state index in [9.17, 15) is 5.11 Å². The van der Waals surface area contributed by atoms with Crippen LogP contribution in [-0.4, -0.2) is 26.5 Å². The second-order valence-corrected chi connectivity index (χ2v) is 5.72. The van der Waals surface area contributed by atoms with Crippen LogP contribution in [0.5, 0.6) is 5.75 Å². The predicted molar refractivity (Wildman–Crippen MR) is 80.4 cm³/mol. The number of benzene rings is 1. The quantitative estimate of drug-likeness (QED) is 0.837. The second kappa shape index (κ2) is 5.52. The number of aromatic nitrogens is 2. The van der Waals surface area contributed by atoms with Gasteiger partial charge in [0.15, 0.2) is 4.77 Å². The standard InChI is InChI=1S/C14H14ClN3OS/c15-12-5-11(19)2-1-9(12)7-18-4-3-13-10(8-18)6-16-14(20)17-13/h1-2,5-6,19H,3-4,7-8H2,(H,16,17,20). The van der Waals surface area contributed by atoms with E-state index >= 15 is 0 Å². The molecule has 2 N–H and O–H groups in total. The number of aromatic hydroxyl groups is 1. The normalized spacial score (nSPS) is 15.1. The molecule has 1 aromatic carbocycles. The van der Waals surface area contributed by atoms with E-state index in [2.05, 4.69) is 14.9 Å². The van der Waals surface area contributed by atoms with Crippen LogP contribution in [0, 0.1) is 4.77 Å². The molecule has 0 saturated carbocycles. The van der Waals surface area contributed by atoms with Crippen molar-refractivity contribution in [3.8, 4) is 5.75 Å². The highest BCUT2D eigenvalue weighted by molar-refractivity contribution is 7.71. The van der Waals surface area contributed by atoms with Gasteiger partial charge in [-0.3, -0.25) is 4.90 Å². The highest BCUT2D eigenvalue weighted by Crippen LogP contribution is 2.25. The molecular weight excluding hydrogens is 294 g/mol. The van der Waals surface area contributed by atoms with E-state index in [-0.39, 0.29) is 5.75 Å². The summed E-state index contributed by atoms with van der Waals surface area (Å²) in [4.78, 5) is 9.59. The minimum Gasteiger partial charge on any atom is -0.508 e. The lowest BCUT2D eigenvalue weighted by Crippen LogP contribution is -2.30. The number of nitrogens with one attached hydrogen (secondary N) is 1. The van der Waals surface area contributed by atoms with Gasteiger partial charge in [-0.05, 0) is 29.9 Å². The van der Waals surface area contributed by atoms with Gasteiger partial charge in [-0.1, -0.05) is 17.7 Å². The minimum atomic E-state index is 0.194. The van der Waals surface area contributed by atoms with Crippen LogP contribution < -0.4 is 0 Å².